The molecule has 0 amide bonds. The van der Waals surface area contributed by atoms with Gasteiger partial charge >= 0.3 is 5.97 Å². The number of rotatable bonds is 6. The molecular weight excluding hydrogens is 420 g/mol. The van der Waals surface area contributed by atoms with Crippen molar-refractivity contribution < 1.29 is 30.3 Å². The van der Waals surface area contributed by atoms with Crippen molar-refractivity contribution in [3.05, 3.63) is 0 Å². The molecule has 0 bridgehead atoms. The summed E-state index contributed by atoms with van der Waals surface area (Å²) in [5.41, 5.74) is -0.405. The summed E-state index contributed by atoms with van der Waals surface area (Å²) in [7, 11) is 0. The third-order valence-corrected chi connectivity index (χ3v) is 11.3. The zero-order valence-corrected chi connectivity index (χ0v) is 20.9. The highest BCUT2D eigenvalue weighted by Crippen LogP contribution is 2.68. The Bertz CT molecular complexity index is 727. The Morgan fingerprint density at radius 1 is 0.909 bits per heavy atom. The quantitative estimate of drug-likeness (QED) is 0.409. The second-order valence-electron chi connectivity index (χ2n) is 12.8. The third-order valence-electron chi connectivity index (χ3n) is 11.3. The van der Waals surface area contributed by atoms with E-state index in [1.807, 2.05) is 0 Å². The number of carboxylic acids is 1. The molecule has 0 saturated heterocycles. The molecule has 0 radical (unpaired) electrons. The van der Waals surface area contributed by atoms with E-state index >= 15 is 0 Å². The Hall–Kier alpha value is -0.690. The van der Waals surface area contributed by atoms with Gasteiger partial charge in [-0.1, -0.05) is 40.5 Å². The van der Waals surface area contributed by atoms with Crippen molar-refractivity contribution in [3.8, 4) is 0 Å². The molecule has 4 aliphatic rings. The average Bonchev–Trinajstić information content (AvgIpc) is 3.09. The van der Waals surface area contributed by atoms with E-state index in [-0.39, 0.29) is 40.4 Å². The number of aliphatic carboxylic acids is 1. The molecule has 0 spiro atoms. The van der Waals surface area contributed by atoms with E-state index in [0.29, 0.717) is 43.9 Å². The first-order valence-corrected chi connectivity index (χ1v) is 13.4. The molecule has 0 aromatic heterocycles. The number of hydrogen-bond donors (Lipinski definition) is 5. The summed E-state index contributed by atoms with van der Waals surface area (Å²) in [6, 6.07) is 0. The molecule has 33 heavy (non-hydrogen) atoms. The second-order valence-corrected chi connectivity index (χ2v) is 12.8. The van der Waals surface area contributed by atoms with E-state index in [9.17, 15) is 30.3 Å². The van der Waals surface area contributed by atoms with Crippen LogP contribution in [0.25, 0.3) is 0 Å². The zero-order chi connectivity index (χ0) is 24.3. The summed E-state index contributed by atoms with van der Waals surface area (Å²) >= 11 is 0. The fraction of sp³-hybridized carbons (Fsp3) is 0.963. The number of aliphatic hydroxyl groups is 4. The van der Waals surface area contributed by atoms with Gasteiger partial charge in [-0.3, -0.25) is 4.79 Å². The van der Waals surface area contributed by atoms with Crippen LogP contribution in [0.2, 0.25) is 0 Å². The molecule has 6 nitrogen and oxygen atoms in total. The van der Waals surface area contributed by atoms with Crippen LogP contribution in [0.4, 0.5) is 0 Å². The van der Waals surface area contributed by atoms with E-state index < -0.39 is 30.4 Å². The lowest BCUT2D eigenvalue weighted by Crippen LogP contribution is -2.63. The Morgan fingerprint density at radius 3 is 2.24 bits per heavy atom. The summed E-state index contributed by atoms with van der Waals surface area (Å²) in [6.07, 6.45) is 4.71. The van der Waals surface area contributed by atoms with E-state index in [2.05, 4.69) is 20.8 Å². The zero-order valence-electron chi connectivity index (χ0n) is 20.9. The second kappa shape index (κ2) is 9.07. The molecule has 4 saturated carbocycles. The van der Waals surface area contributed by atoms with Crippen LogP contribution >= 0.6 is 0 Å². The Kier molecular flexibility index (Phi) is 6.98. The monoisotopic (exact) mass is 466 g/mol. The first-order chi connectivity index (χ1) is 15.4. The number of carboxylic acid groups (broad SMARTS) is 1. The lowest BCUT2D eigenvalue weighted by atomic mass is 9.43. The van der Waals surface area contributed by atoms with Gasteiger partial charge in [0.2, 0.25) is 0 Å². The molecule has 5 N–H and O–H groups in total. The van der Waals surface area contributed by atoms with Crippen molar-refractivity contribution in [3.63, 3.8) is 0 Å². The highest BCUT2D eigenvalue weighted by atomic mass is 16.4. The van der Waals surface area contributed by atoms with Gasteiger partial charge in [0.25, 0.3) is 0 Å². The van der Waals surface area contributed by atoms with Gasteiger partial charge in [-0.05, 0) is 91.3 Å². The molecule has 6 heteroatoms. The van der Waals surface area contributed by atoms with Gasteiger partial charge in [-0.2, -0.15) is 0 Å². The number of aliphatic hydroxyl groups excluding tert-OH is 4. The average molecular weight is 467 g/mol. The minimum atomic E-state index is -0.734. The lowest BCUT2D eigenvalue weighted by molar-refractivity contribution is -0.219. The van der Waals surface area contributed by atoms with Crippen LogP contribution in [-0.4, -0.2) is 55.9 Å². The normalized spacial score (nSPS) is 51.2. The summed E-state index contributed by atoms with van der Waals surface area (Å²) in [5, 5.41) is 52.9. The van der Waals surface area contributed by atoms with Crippen LogP contribution in [0.5, 0.6) is 0 Å². The molecule has 190 valence electrons. The van der Waals surface area contributed by atoms with E-state index in [4.69, 9.17) is 0 Å². The fourth-order valence-electron chi connectivity index (χ4n) is 9.24. The minimum Gasteiger partial charge on any atom is -0.481 e. The van der Waals surface area contributed by atoms with E-state index in [0.717, 1.165) is 25.7 Å². The van der Waals surface area contributed by atoms with Gasteiger partial charge in [0.1, 0.15) is 0 Å². The molecule has 1 unspecified atom stereocenters. The number of hydrogen-bond acceptors (Lipinski definition) is 5. The van der Waals surface area contributed by atoms with Crippen LogP contribution < -0.4 is 0 Å². The maximum atomic E-state index is 11.6. The first kappa shape index (κ1) is 25.4. The van der Waals surface area contributed by atoms with Crippen molar-refractivity contribution in [2.24, 2.45) is 52.3 Å². The molecule has 0 aliphatic heterocycles. The maximum Gasteiger partial charge on any atom is 0.306 e. The molecule has 13 atom stereocenters. The number of fused-ring (bicyclic) bond motifs is 5. The van der Waals surface area contributed by atoms with Crippen LogP contribution in [0.15, 0.2) is 0 Å². The van der Waals surface area contributed by atoms with Crippen LogP contribution in [0.3, 0.4) is 0 Å². The largest absolute Gasteiger partial charge is 0.481 e. The summed E-state index contributed by atoms with van der Waals surface area (Å²) in [6.45, 7) is 8.50. The van der Waals surface area contributed by atoms with Gasteiger partial charge in [0.15, 0.2) is 0 Å². The van der Waals surface area contributed by atoms with Crippen molar-refractivity contribution in [2.45, 2.75) is 110 Å². The molecule has 4 rings (SSSR count). The van der Waals surface area contributed by atoms with Gasteiger partial charge in [0, 0.05) is 0 Å². The molecule has 4 fully saturated rings. The van der Waals surface area contributed by atoms with Crippen molar-refractivity contribution in [1.29, 1.82) is 0 Å². The van der Waals surface area contributed by atoms with E-state index in [1.165, 1.54) is 0 Å². The highest BCUT2D eigenvalue weighted by molar-refractivity contribution is 5.69. The van der Waals surface area contributed by atoms with Gasteiger partial charge in [-0.25, -0.2) is 0 Å². The summed E-state index contributed by atoms with van der Waals surface area (Å²) in [4.78, 5) is 11.2. The SMILES string of the molecule is CC(CCC[C@@H](C)[C@H]1CC[C@H]2[C@@H]3[C@H](O)C[C@H]4C[C@H](O)[C@H](O)C[C@]4(C)[C@H]3C[C@H](O)[C@]12C)C(=O)O. The highest BCUT2D eigenvalue weighted by Gasteiger charge is 2.66. The predicted molar refractivity (Wildman–Crippen MR) is 125 cm³/mol. The molecule has 0 heterocycles. The van der Waals surface area contributed by atoms with Crippen molar-refractivity contribution >= 4 is 5.97 Å². The smallest absolute Gasteiger partial charge is 0.306 e. The third kappa shape index (κ3) is 4.07. The molecular formula is C27H46O6. The Morgan fingerprint density at radius 2 is 1.58 bits per heavy atom. The van der Waals surface area contributed by atoms with Crippen LogP contribution in [0.1, 0.15) is 85.5 Å². The predicted octanol–water partition coefficient (Wildman–Crippen LogP) is 3.45. The summed E-state index contributed by atoms with van der Waals surface area (Å²) in [5.74, 6) is 0.448. The summed E-state index contributed by atoms with van der Waals surface area (Å²) < 4.78 is 0. The lowest BCUT2D eigenvalue weighted by Gasteiger charge is -2.64. The van der Waals surface area contributed by atoms with Gasteiger partial charge in [0.05, 0.1) is 30.3 Å². The van der Waals surface area contributed by atoms with Crippen molar-refractivity contribution in [1.82, 2.24) is 0 Å². The topological polar surface area (TPSA) is 118 Å². The van der Waals surface area contributed by atoms with E-state index in [1.54, 1.807) is 6.92 Å². The molecule has 0 aromatic carbocycles. The Balaban J connectivity index is 1.52. The standard InChI is InChI=1S/C27H46O6/c1-14(6-5-7-15(2)25(32)33)17-8-9-18-24-19(12-23(31)27(17,18)4)26(3)13-22(30)20(28)10-16(26)11-21(24)29/h14-24,28-31H,5-13H2,1-4H3,(H,32,33)/t14-,15?,16-,17-,18+,19+,20+,21-,22-,23+,24+,26+,27-/m1/s1. The maximum absolute atomic E-state index is 11.6. The molecule has 0 aromatic rings. The first-order valence-electron chi connectivity index (χ1n) is 13.4. The van der Waals surface area contributed by atoms with Gasteiger partial charge < -0.3 is 25.5 Å². The number of carbonyl (C=O) groups is 1. The Labute approximate surface area is 198 Å². The fourth-order valence-corrected chi connectivity index (χ4v) is 9.24. The van der Waals surface area contributed by atoms with Crippen LogP contribution in [-0.2, 0) is 4.79 Å². The molecule has 4 aliphatic carbocycles. The van der Waals surface area contributed by atoms with Crippen LogP contribution in [0, 0.1) is 52.3 Å². The van der Waals surface area contributed by atoms with Gasteiger partial charge in [-0.15, -0.1) is 0 Å². The van der Waals surface area contributed by atoms with Crippen molar-refractivity contribution in [2.75, 3.05) is 0 Å². The minimum absolute atomic E-state index is 0.131.